The Morgan fingerprint density at radius 2 is 1.81 bits per heavy atom. The maximum Gasteiger partial charge on any atom is 0.407 e. The van der Waals surface area contributed by atoms with Gasteiger partial charge in [0.2, 0.25) is 21.8 Å². The lowest BCUT2D eigenvalue weighted by molar-refractivity contribution is -0.143. The lowest BCUT2D eigenvalue weighted by Crippen LogP contribution is -2.60. The fourth-order valence-corrected chi connectivity index (χ4v) is 8.70. The molecule has 1 saturated heterocycles. The molecule has 2 saturated carbocycles. The van der Waals surface area contributed by atoms with Gasteiger partial charge in [-0.1, -0.05) is 80.6 Å². The van der Waals surface area contributed by atoms with Gasteiger partial charge >= 0.3 is 6.09 Å². The SMILES string of the molecule is C=C[C@@H]1CC1(NC(=O)C1CC2CN1C(=O)[C@H](C(C)(C)C)NC(=O)OCCC/C=C/c1ccc3c(c1)/C(=N\O2)c1ccccc1-3)C(=O)NS(=O)(=O)C1CC1. The van der Waals surface area contributed by atoms with Crippen molar-refractivity contribution in [1.29, 1.82) is 0 Å². The molecule has 13 nitrogen and oxygen atoms in total. The lowest BCUT2D eigenvalue weighted by Gasteiger charge is -2.35. The first-order valence-corrected chi connectivity index (χ1v) is 19.7. The molecule has 0 spiro atoms. The Labute approximate surface area is 309 Å². The highest BCUT2D eigenvalue weighted by Gasteiger charge is 2.62. The minimum Gasteiger partial charge on any atom is -0.450 e. The van der Waals surface area contributed by atoms with E-state index in [1.165, 1.54) is 11.0 Å². The number of rotatable bonds is 6. The number of hydrogen-bond acceptors (Lipinski definition) is 9. The average Bonchev–Trinajstić information content (AvgIpc) is 4.03. The van der Waals surface area contributed by atoms with Crippen molar-refractivity contribution >= 4 is 45.6 Å². The quantitative estimate of drug-likeness (QED) is 0.318. The predicted octanol–water partition coefficient (Wildman–Crippen LogP) is 4.02. The van der Waals surface area contributed by atoms with Gasteiger partial charge in [-0.25, -0.2) is 13.2 Å². The van der Waals surface area contributed by atoms with Crippen molar-refractivity contribution in [2.24, 2.45) is 16.5 Å². The maximum absolute atomic E-state index is 14.5. The van der Waals surface area contributed by atoms with Crippen LogP contribution >= 0.6 is 0 Å². The standard InChI is InChI=1S/C39H45N5O8S/c1-5-24-21-39(24,36(47)43-53(49,50)26-15-16-26)41-34(45)31-20-25-22-44(31)35(46)33(38(2,3)4)40-37(48)51-18-10-6-7-11-23-14-17-28-27-12-8-9-13-29(27)32(42-52-25)30(28)19-23/h5,7-9,11-14,17,19,24-26,31,33H,1,6,10,15-16,18,20-22H2,2-4H3,(H,40,48)(H,41,45)(H,43,47)/b11-7+,42-32-/t24-,25?,31?,33-,39?/m1/s1. The molecule has 5 atom stereocenters. The zero-order chi connectivity index (χ0) is 37.7. The molecule has 0 aromatic heterocycles. The monoisotopic (exact) mass is 743 g/mol. The van der Waals surface area contributed by atoms with Gasteiger partial charge < -0.3 is 25.1 Å². The molecule has 0 radical (unpaired) electrons. The summed E-state index contributed by atoms with van der Waals surface area (Å²) in [5.41, 5.74) is 3.04. The predicted molar refractivity (Wildman–Crippen MR) is 198 cm³/mol. The van der Waals surface area contributed by atoms with Crippen LogP contribution in [0.1, 0.15) is 76.0 Å². The third-order valence-corrected chi connectivity index (χ3v) is 12.4. The average molecular weight is 744 g/mol. The first-order chi connectivity index (χ1) is 25.2. The summed E-state index contributed by atoms with van der Waals surface area (Å²) in [6, 6.07) is 11.8. The van der Waals surface area contributed by atoms with Crippen LogP contribution in [0.3, 0.4) is 0 Å². The van der Waals surface area contributed by atoms with Crippen molar-refractivity contribution in [3.63, 3.8) is 0 Å². The van der Waals surface area contributed by atoms with Crippen LogP contribution in [-0.2, 0) is 34.0 Å². The summed E-state index contributed by atoms with van der Waals surface area (Å²) in [4.78, 5) is 62.8. The smallest absolute Gasteiger partial charge is 0.407 e. The van der Waals surface area contributed by atoms with Gasteiger partial charge in [0, 0.05) is 23.5 Å². The molecule has 2 heterocycles. The minimum absolute atomic E-state index is 0.0176. The molecule has 5 aliphatic rings. The zero-order valence-electron chi connectivity index (χ0n) is 30.1. The third kappa shape index (κ3) is 7.20. The summed E-state index contributed by atoms with van der Waals surface area (Å²) in [6.07, 6.45) is 6.33. The number of hydrogen-bond donors (Lipinski definition) is 3. The number of alkyl carbamates (subject to hydrolysis) is 1. The Hall–Kier alpha value is -4.98. The number of amides is 4. The van der Waals surface area contributed by atoms with Gasteiger partial charge in [0.05, 0.1) is 18.4 Å². The van der Waals surface area contributed by atoms with Gasteiger partial charge in [0.1, 0.15) is 29.4 Å². The summed E-state index contributed by atoms with van der Waals surface area (Å²) < 4.78 is 33.0. The van der Waals surface area contributed by atoms with E-state index in [-0.39, 0.29) is 26.0 Å². The van der Waals surface area contributed by atoms with E-state index >= 15 is 0 Å². The number of sulfonamides is 1. The third-order valence-electron chi connectivity index (χ3n) is 10.6. The van der Waals surface area contributed by atoms with Gasteiger partial charge in [0.25, 0.3) is 5.91 Å². The summed E-state index contributed by atoms with van der Waals surface area (Å²) in [5, 5.41) is 9.54. The van der Waals surface area contributed by atoms with E-state index in [9.17, 15) is 27.6 Å². The van der Waals surface area contributed by atoms with E-state index < -0.39 is 74.1 Å². The molecule has 7 rings (SSSR count). The van der Waals surface area contributed by atoms with Gasteiger partial charge in [0.15, 0.2) is 0 Å². The Morgan fingerprint density at radius 1 is 1.08 bits per heavy atom. The van der Waals surface area contributed by atoms with Gasteiger partial charge in [-0.15, -0.1) is 6.58 Å². The highest BCUT2D eigenvalue weighted by atomic mass is 32.2. The van der Waals surface area contributed by atoms with Crippen LogP contribution in [0.5, 0.6) is 0 Å². The van der Waals surface area contributed by atoms with Crippen LogP contribution < -0.4 is 15.4 Å². The van der Waals surface area contributed by atoms with E-state index in [2.05, 4.69) is 27.1 Å². The van der Waals surface area contributed by atoms with Gasteiger partial charge in [-0.3, -0.25) is 19.1 Å². The molecule has 2 aromatic carbocycles. The minimum atomic E-state index is -3.89. The lowest BCUT2D eigenvalue weighted by atomic mass is 9.85. The second-order valence-corrected chi connectivity index (χ2v) is 17.5. The number of benzene rings is 2. The largest absolute Gasteiger partial charge is 0.450 e. The second-order valence-electron chi connectivity index (χ2n) is 15.6. The molecule has 2 aliphatic heterocycles. The van der Waals surface area contributed by atoms with Crippen molar-refractivity contribution in [3.05, 3.63) is 77.9 Å². The number of cyclic esters (lactones) is 1. The Morgan fingerprint density at radius 3 is 2.51 bits per heavy atom. The molecular weight excluding hydrogens is 699 g/mol. The van der Waals surface area contributed by atoms with E-state index in [1.807, 2.05) is 54.6 Å². The molecule has 14 heteroatoms. The highest BCUT2D eigenvalue weighted by Crippen LogP contribution is 2.46. The first kappa shape index (κ1) is 36.4. The van der Waals surface area contributed by atoms with Crippen molar-refractivity contribution in [1.82, 2.24) is 20.3 Å². The summed E-state index contributed by atoms with van der Waals surface area (Å²) in [6.45, 7) is 9.24. The number of carbonyl (C=O) groups excluding carboxylic acids is 4. The number of nitrogens with one attached hydrogen (secondary N) is 3. The Bertz CT molecular complexity index is 2030. The van der Waals surface area contributed by atoms with Crippen LogP contribution in [0.25, 0.3) is 17.2 Å². The molecule has 3 fully saturated rings. The Kier molecular flexibility index (Phi) is 9.46. The van der Waals surface area contributed by atoms with Crippen LogP contribution in [-0.4, -0.2) is 85.0 Å². The van der Waals surface area contributed by atoms with Crippen molar-refractivity contribution in [2.45, 2.75) is 88.3 Å². The van der Waals surface area contributed by atoms with E-state index in [0.29, 0.717) is 31.4 Å². The highest BCUT2D eigenvalue weighted by molar-refractivity contribution is 7.91. The van der Waals surface area contributed by atoms with E-state index in [0.717, 1.165) is 27.8 Å². The summed E-state index contributed by atoms with van der Waals surface area (Å²) >= 11 is 0. The molecule has 280 valence electrons. The fourth-order valence-electron chi connectivity index (χ4n) is 7.34. The Balaban J connectivity index is 1.22. The van der Waals surface area contributed by atoms with Crippen molar-refractivity contribution < 1.29 is 37.2 Å². The first-order valence-electron chi connectivity index (χ1n) is 18.1. The maximum atomic E-state index is 14.5. The number of allylic oxidation sites excluding steroid dienone is 1. The molecule has 2 aromatic rings. The number of fused-ring (bicyclic) bond motifs is 6. The molecule has 53 heavy (non-hydrogen) atoms. The molecule has 3 N–H and O–H groups in total. The van der Waals surface area contributed by atoms with Crippen LogP contribution in [0, 0.1) is 11.3 Å². The van der Waals surface area contributed by atoms with Crippen LogP contribution in [0.4, 0.5) is 4.79 Å². The van der Waals surface area contributed by atoms with Crippen LogP contribution in [0.15, 0.2) is 66.4 Å². The van der Waals surface area contributed by atoms with Crippen molar-refractivity contribution in [3.8, 4) is 11.1 Å². The van der Waals surface area contributed by atoms with E-state index in [1.54, 1.807) is 20.8 Å². The molecular formula is C39H45N5O8S. The normalized spacial score (nSPS) is 28.7. The van der Waals surface area contributed by atoms with Gasteiger partial charge in [-0.05, 0) is 60.3 Å². The van der Waals surface area contributed by atoms with Gasteiger partial charge in [-0.2, -0.15) is 0 Å². The molecule has 3 aliphatic carbocycles. The van der Waals surface area contributed by atoms with E-state index in [4.69, 9.17) is 9.57 Å². The van der Waals surface area contributed by atoms with Crippen LogP contribution in [0.2, 0.25) is 0 Å². The number of nitrogens with zero attached hydrogens (tertiary/aromatic N) is 2. The second kappa shape index (κ2) is 13.8. The number of oxime groups is 1. The summed E-state index contributed by atoms with van der Waals surface area (Å²) in [5.74, 6) is -2.56. The number of carbonyl (C=O) groups is 4. The molecule has 4 amide bonds. The molecule has 4 bridgehead atoms. The molecule has 3 unspecified atom stereocenters. The summed E-state index contributed by atoms with van der Waals surface area (Å²) in [7, 11) is -3.89. The van der Waals surface area contributed by atoms with Crippen molar-refractivity contribution in [2.75, 3.05) is 13.2 Å². The fraction of sp³-hybridized carbons (Fsp3) is 0.462. The number of ether oxygens (including phenoxy) is 1. The topological polar surface area (TPSA) is 173 Å². The zero-order valence-corrected chi connectivity index (χ0v) is 30.9.